The van der Waals surface area contributed by atoms with Crippen LogP contribution in [-0.4, -0.2) is 24.3 Å². The van der Waals surface area contributed by atoms with E-state index in [1.165, 1.54) is 0 Å². The quantitative estimate of drug-likeness (QED) is 0.816. The number of nitrogens with zero attached hydrogens (tertiary/aromatic N) is 2. The highest BCUT2D eigenvalue weighted by atomic mass is 16.5. The molecule has 19 heavy (non-hydrogen) atoms. The van der Waals surface area contributed by atoms with Crippen LogP contribution in [0.15, 0.2) is 24.3 Å². The summed E-state index contributed by atoms with van der Waals surface area (Å²) in [6, 6.07) is 10.3. The molecule has 0 N–H and O–H groups in total. The van der Waals surface area contributed by atoms with Gasteiger partial charge in [0.25, 0.3) is 0 Å². The number of benzene rings is 1. The van der Waals surface area contributed by atoms with Crippen LogP contribution in [0, 0.1) is 11.3 Å². The molecule has 1 aliphatic rings. The molecular weight excluding hydrogens is 236 g/mol. The standard InChI is InChI=1S/C16H22N2O/c1-15(2)10-14(16(3,4)19-15)18(5)13-9-7-6-8-12(13)11-17/h6-9,14H,10H2,1-5H3. The summed E-state index contributed by atoms with van der Waals surface area (Å²) in [6.07, 6.45) is 0.955. The Morgan fingerprint density at radius 2 is 1.89 bits per heavy atom. The summed E-state index contributed by atoms with van der Waals surface area (Å²) in [6.45, 7) is 8.49. The fourth-order valence-electron chi connectivity index (χ4n) is 3.18. The van der Waals surface area contributed by atoms with Crippen LogP contribution in [0.25, 0.3) is 0 Å². The molecule has 2 rings (SSSR count). The summed E-state index contributed by atoms with van der Waals surface area (Å²) >= 11 is 0. The first-order valence-corrected chi connectivity index (χ1v) is 6.69. The maximum absolute atomic E-state index is 9.23. The number of para-hydroxylation sites is 1. The Hall–Kier alpha value is -1.53. The topological polar surface area (TPSA) is 36.3 Å². The van der Waals surface area contributed by atoms with Crippen molar-refractivity contribution in [1.82, 2.24) is 0 Å². The van der Waals surface area contributed by atoms with Crippen molar-refractivity contribution in [2.45, 2.75) is 51.4 Å². The zero-order valence-corrected chi connectivity index (χ0v) is 12.4. The van der Waals surface area contributed by atoms with Crippen LogP contribution in [0.2, 0.25) is 0 Å². The van der Waals surface area contributed by atoms with E-state index in [1.807, 2.05) is 31.3 Å². The van der Waals surface area contributed by atoms with Crippen LogP contribution in [0.4, 0.5) is 5.69 Å². The van der Waals surface area contributed by atoms with E-state index in [0.29, 0.717) is 5.56 Å². The van der Waals surface area contributed by atoms with Crippen molar-refractivity contribution in [3.63, 3.8) is 0 Å². The zero-order valence-electron chi connectivity index (χ0n) is 12.4. The molecule has 0 bridgehead atoms. The Morgan fingerprint density at radius 1 is 1.26 bits per heavy atom. The molecule has 1 atom stereocenters. The van der Waals surface area contributed by atoms with Crippen molar-refractivity contribution < 1.29 is 4.74 Å². The van der Waals surface area contributed by atoms with Gasteiger partial charge in [-0.25, -0.2) is 0 Å². The van der Waals surface area contributed by atoms with Gasteiger partial charge in [-0.1, -0.05) is 12.1 Å². The number of rotatable bonds is 2. The molecule has 1 heterocycles. The minimum atomic E-state index is -0.221. The number of nitriles is 1. The number of ether oxygens (including phenoxy) is 1. The van der Waals surface area contributed by atoms with Gasteiger partial charge >= 0.3 is 0 Å². The van der Waals surface area contributed by atoms with E-state index in [9.17, 15) is 5.26 Å². The van der Waals surface area contributed by atoms with E-state index in [-0.39, 0.29) is 17.2 Å². The molecule has 3 nitrogen and oxygen atoms in total. The van der Waals surface area contributed by atoms with Crippen LogP contribution in [0.3, 0.4) is 0 Å². The first-order valence-electron chi connectivity index (χ1n) is 6.69. The Balaban J connectivity index is 2.35. The average molecular weight is 258 g/mol. The third kappa shape index (κ3) is 2.59. The van der Waals surface area contributed by atoms with Gasteiger partial charge in [-0.15, -0.1) is 0 Å². The average Bonchev–Trinajstić information content (AvgIpc) is 2.56. The smallest absolute Gasteiger partial charge is 0.101 e. The van der Waals surface area contributed by atoms with Crippen LogP contribution < -0.4 is 4.90 Å². The SMILES string of the molecule is CN(c1ccccc1C#N)C1CC(C)(C)OC1(C)C. The second kappa shape index (κ2) is 4.54. The molecule has 102 valence electrons. The highest BCUT2D eigenvalue weighted by molar-refractivity contribution is 5.59. The van der Waals surface area contributed by atoms with Gasteiger partial charge < -0.3 is 9.64 Å². The molecule has 1 saturated heterocycles. The van der Waals surface area contributed by atoms with Crippen molar-refractivity contribution in [3.8, 4) is 6.07 Å². The molecule has 1 unspecified atom stereocenters. The molecular formula is C16H22N2O. The van der Waals surface area contributed by atoms with Crippen molar-refractivity contribution in [2.24, 2.45) is 0 Å². The monoisotopic (exact) mass is 258 g/mol. The molecule has 1 aromatic rings. The van der Waals surface area contributed by atoms with Crippen molar-refractivity contribution in [2.75, 3.05) is 11.9 Å². The number of anilines is 1. The van der Waals surface area contributed by atoms with Crippen LogP contribution in [0.5, 0.6) is 0 Å². The summed E-state index contributed by atoms with van der Waals surface area (Å²) in [4.78, 5) is 2.19. The number of hydrogen-bond acceptors (Lipinski definition) is 3. The largest absolute Gasteiger partial charge is 0.368 e. The van der Waals surface area contributed by atoms with E-state index in [0.717, 1.165) is 12.1 Å². The van der Waals surface area contributed by atoms with E-state index >= 15 is 0 Å². The predicted octanol–water partition coefficient (Wildman–Crippen LogP) is 3.34. The maximum Gasteiger partial charge on any atom is 0.101 e. The highest BCUT2D eigenvalue weighted by Gasteiger charge is 2.47. The van der Waals surface area contributed by atoms with Gasteiger partial charge in [-0.3, -0.25) is 0 Å². The first-order chi connectivity index (χ1) is 8.77. The molecule has 3 heteroatoms. The number of hydrogen-bond donors (Lipinski definition) is 0. The molecule has 0 saturated carbocycles. The fraction of sp³-hybridized carbons (Fsp3) is 0.562. The van der Waals surface area contributed by atoms with Crippen molar-refractivity contribution in [3.05, 3.63) is 29.8 Å². The van der Waals surface area contributed by atoms with Gasteiger partial charge in [-0.2, -0.15) is 5.26 Å². The van der Waals surface area contributed by atoms with E-state index in [4.69, 9.17) is 4.74 Å². The Bertz CT molecular complexity index is 514. The van der Waals surface area contributed by atoms with Crippen LogP contribution >= 0.6 is 0 Å². The lowest BCUT2D eigenvalue weighted by Gasteiger charge is -2.35. The van der Waals surface area contributed by atoms with Gasteiger partial charge in [0.05, 0.1) is 28.5 Å². The van der Waals surface area contributed by atoms with Gasteiger partial charge in [-0.05, 0) is 46.2 Å². The van der Waals surface area contributed by atoms with Crippen LogP contribution in [0.1, 0.15) is 39.7 Å². The first kappa shape index (κ1) is 13.9. The van der Waals surface area contributed by atoms with Crippen molar-refractivity contribution >= 4 is 5.69 Å². The Morgan fingerprint density at radius 3 is 2.42 bits per heavy atom. The molecule has 1 fully saturated rings. The van der Waals surface area contributed by atoms with Crippen LogP contribution in [-0.2, 0) is 4.74 Å². The third-order valence-electron chi connectivity index (χ3n) is 3.90. The van der Waals surface area contributed by atoms with Gasteiger partial charge in [0.1, 0.15) is 6.07 Å². The van der Waals surface area contributed by atoms with E-state index in [1.54, 1.807) is 0 Å². The summed E-state index contributed by atoms with van der Waals surface area (Å²) in [5.41, 5.74) is 1.35. The highest BCUT2D eigenvalue weighted by Crippen LogP contribution is 2.41. The summed E-state index contributed by atoms with van der Waals surface area (Å²) < 4.78 is 6.14. The molecule has 1 aliphatic heterocycles. The second-order valence-electron chi connectivity index (χ2n) is 6.42. The zero-order chi connectivity index (χ0) is 14.3. The van der Waals surface area contributed by atoms with E-state index < -0.39 is 0 Å². The lowest BCUT2D eigenvalue weighted by Crippen LogP contribution is -2.44. The molecule has 0 amide bonds. The van der Waals surface area contributed by atoms with E-state index in [2.05, 4.69) is 38.7 Å². The van der Waals surface area contributed by atoms with Gasteiger partial charge in [0.2, 0.25) is 0 Å². The third-order valence-corrected chi connectivity index (χ3v) is 3.90. The Kier molecular flexibility index (Phi) is 3.32. The summed E-state index contributed by atoms with van der Waals surface area (Å²) in [5, 5.41) is 9.23. The maximum atomic E-state index is 9.23. The second-order valence-corrected chi connectivity index (χ2v) is 6.42. The molecule has 1 aromatic carbocycles. The minimum absolute atomic E-state index is 0.121. The summed E-state index contributed by atoms with van der Waals surface area (Å²) in [7, 11) is 2.05. The van der Waals surface area contributed by atoms with Gasteiger partial charge in [0.15, 0.2) is 0 Å². The fourth-order valence-corrected chi connectivity index (χ4v) is 3.18. The van der Waals surface area contributed by atoms with Gasteiger partial charge in [0, 0.05) is 7.05 Å². The molecule has 0 spiro atoms. The molecule has 0 radical (unpaired) electrons. The predicted molar refractivity (Wildman–Crippen MR) is 77.2 cm³/mol. The lowest BCUT2D eigenvalue weighted by molar-refractivity contribution is -0.0676. The normalized spacial score (nSPS) is 23.9. The molecule has 0 aliphatic carbocycles. The number of likely N-dealkylation sites (N-methyl/N-ethyl adjacent to an activating group) is 1. The molecule has 0 aromatic heterocycles. The lowest BCUT2D eigenvalue weighted by atomic mass is 9.92. The summed E-state index contributed by atoms with van der Waals surface area (Å²) in [5.74, 6) is 0. The van der Waals surface area contributed by atoms with Crippen molar-refractivity contribution in [1.29, 1.82) is 5.26 Å². The minimum Gasteiger partial charge on any atom is -0.368 e. The Labute approximate surface area is 115 Å².